The molecule has 1 heterocycles. The molecule has 2 amide bonds. The standard InChI is InChI=1S/C13H19N3O4/c17-12(18)11(9-4-2-1-3-5-9)15-13(19)14-8-10-6-7-20-16-10/h6-7,9,11H,1-5,8H2,(H,17,18)(H2,14,15,19). The van der Waals surface area contributed by atoms with E-state index in [0.29, 0.717) is 5.69 Å². The number of nitrogens with one attached hydrogen (secondary N) is 2. The van der Waals surface area contributed by atoms with Crippen molar-refractivity contribution in [3.63, 3.8) is 0 Å². The number of carboxylic acid groups (broad SMARTS) is 1. The molecule has 1 aliphatic carbocycles. The highest BCUT2D eigenvalue weighted by molar-refractivity contribution is 5.82. The molecule has 0 spiro atoms. The van der Waals surface area contributed by atoms with Gasteiger partial charge in [-0.05, 0) is 18.8 Å². The van der Waals surface area contributed by atoms with E-state index in [1.165, 1.54) is 6.26 Å². The maximum Gasteiger partial charge on any atom is 0.326 e. The van der Waals surface area contributed by atoms with E-state index in [2.05, 4.69) is 20.3 Å². The molecular formula is C13H19N3O4. The Balaban J connectivity index is 1.83. The van der Waals surface area contributed by atoms with Crippen LogP contribution >= 0.6 is 0 Å². The van der Waals surface area contributed by atoms with E-state index in [9.17, 15) is 14.7 Å². The molecule has 7 nitrogen and oxygen atoms in total. The maximum atomic E-state index is 11.8. The zero-order valence-electron chi connectivity index (χ0n) is 11.2. The summed E-state index contributed by atoms with van der Waals surface area (Å²) in [6.07, 6.45) is 6.30. The Hall–Kier alpha value is -2.05. The first-order valence-electron chi connectivity index (χ1n) is 6.83. The third-order valence-electron chi connectivity index (χ3n) is 3.60. The first-order valence-corrected chi connectivity index (χ1v) is 6.83. The molecule has 1 aromatic heterocycles. The number of aliphatic carboxylic acids is 1. The molecule has 0 aliphatic heterocycles. The molecule has 1 unspecified atom stereocenters. The Morgan fingerprint density at radius 2 is 2.15 bits per heavy atom. The number of amides is 2. The number of aromatic nitrogens is 1. The van der Waals surface area contributed by atoms with E-state index in [1.807, 2.05) is 0 Å². The molecule has 20 heavy (non-hydrogen) atoms. The summed E-state index contributed by atoms with van der Waals surface area (Å²) in [5, 5.41) is 18.0. The van der Waals surface area contributed by atoms with E-state index in [4.69, 9.17) is 0 Å². The summed E-state index contributed by atoms with van der Waals surface area (Å²) in [6, 6.07) is 0.314. The van der Waals surface area contributed by atoms with Gasteiger partial charge < -0.3 is 20.3 Å². The van der Waals surface area contributed by atoms with Crippen LogP contribution < -0.4 is 10.6 Å². The highest BCUT2D eigenvalue weighted by Gasteiger charge is 2.30. The van der Waals surface area contributed by atoms with Gasteiger partial charge >= 0.3 is 12.0 Å². The van der Waals surface area contributed by atoms with Crippen LogP contribution in [-0.2, 0) is 11.3 Å². The Morgan fingerprint density at radius 1 is 1.40 bits per heavy atom. The fraction of sp³-hybridized carbons (Fsp3) is 0.615. The Labute approximate surface area is 116 Å². The van der Waals surface area contributed by atoms with Crippen LogP contribution in [0.15, 0.2) is 16.9 Å². The van der Waals surface area contributed by atoms with Gasteiger partial charge in [-0.3, -0.25) is 0 Å². The predicted octanol–water partition coefficient (Wildman–Crippen LogP) is 1.51. The summed E-state index contributed by atoms with van der Waals surface area (Å²) >= 11 is 0. The largest absolute Gasteiger partial charge is 0.480 e. The zero-order chi connectivity index (χ0) is 14.4. The average Bonchev–Trinajstić information content (AvgIpc) is 2.96. The van der Waals surface area contributed by atoms with Gasteiger partial charge in [0.25, 0.3) is 0 Å². The van der Waals surface area contributed by atoms with E-state index >= 15 is 0 Å². The third kappa shape index (κ3) is 3.97. The molecule has 7 heteroatoms. The van der Waals surface area contributed by atoms with E-state index in [0.717, 1.165) is 32.1 Å². The van der Waals surface area contributed by atoms with Crippen molar-refractivity contribution in [3.05, 3.63) is 18.0 Å². The lowest BCUT2D eigenvalue weighted by Crippen LogP contribution is -2.50. The summed E-state index contributed by atoms with van der Waals surface area (Å²) in [4.78, 5) is 23.0. The van der Waals surface area contributed by atoms with Gasteiger partial charge in [0.2, 0.25) is 0 Å². The zero-order valence-corrected chi connectivity index (χ0v) is 11.2. The maximum absolute atomic E-state index is 11.8. The second kappa shape index (κ2) is 6.93. The fourth-order valence-corrected chi connectivity index (χ4v) is 2.54. The fourth-order valence-electron chi connectivity index (χ4n) is 2.54. The summed E-state index contributed by atoms with van der Waals surface area (Å²) in [5.41, 5.74) is 0.588. The topological polar surface area (TPSA) is 104 Å². The van der Waals surface area contributed by atoms with Gasteiger partial charge in [0.1, 0.15) is 18.0 Å². The normalized spacial score (nSPS) is 17.4. The summed E-state index contributed by atoms with van der Waals surface area (Å²) < 4.78 is 4.65. The minimum absolute atomic E-state index is 0.0130. The predicted molar refractivity (Wildman–Crippen MR) is 69.9 cm³/mol. The number of carbonyl (C=O) groups excluding carboxylic acids is 1. The van der Waals surface area contributed by atoms with Crippen molar-refractivity contribution in [2.75, 3.05) is 0 Å². The van der Waals surface area contributed by atoms with Crippen molar-refractivity contribution in [2.24, 2.45) is 5.92 Å². The Kier molecular flexibility index (Phi) is 4.97. The van der Waals surface area contributed by atoms with Crippen LogP contribution in [0.3, 0.4) is 0 Å². The third-order valence-corrected chi connectivity index (χ3v) is 3.60. The quantitative estimate of drug-likeness (QED) is 0.758. The molecule has 1 saturated carbocycles. The minimum atomic E-state index is -0.978. The number of nitrogens with zero attached hydrogens (tertiary/aromatic N) is 1. The molecule has 3 N–H and O–H groups in total. The SMILES string of the molecule is O=C(NCc1ccon1)NC(C(=O)O)C1CCCCC1. The van der Waals surface area contributed by atoms with E-state index < -0.39 is 18.0 Å². The lowest BCUT2D eigenvalue weighted by molar-refractivity contribution is -0.141. The molecule has 2 rings (SSSR count). The van der Waals surface area contributed by atoms with Gasteiger partial charge in [-0.1, -0.05) is 24.4 Å². The smallest absolute Gasteiger partial charge is 0.326 e. The van der Waals surface area contributed by atoms with Crippen LogP contribution in [0.4, 0.5) is 4.79 Å². The van der Waals surface area contributed by atoms with Crippen molar-refractivity contribution < 1.29 is 19.2 Å². The molecule has 1 fully saturated rings. The molecule has 0 saturated heterocycles. The second-order valence-electron chi connectivity index (χ2n) is 5.03. The Morgan fingerprint density at radius 3 is 2.75 bits per heavy atom. The molecule has 0 radical (unpaired) electrons. The van der Waals surface area contributed by atoms with Crippen LogP contribution in [-0.4, -0.2) is 28.3 Å². The first kappa shape index (κ1) is 14.4. The highest BCUT2D eigenvalue weighted by Crippen LogP contribution is 2.26. The molecule has 1 aliphatic rings. The Bertz CT molecular complexity index is 440. The van der Waals surface area contributed by atoms with Gasteiger partial charge in [-0.25, -0.2) is 9.59 Å². The van der Waals surface area contributed by atoms with Crippen LogP contribution in [0.25, 0.3) is 0 Å². The van der Waals surface area contributed by atoms with Crippen molar-refractivity contribution in [1.29, 1.82) is 0 Å². The monoisotopic (exact) mass is 281 g/mol. The average molecular weight is 281 g/mol. The molecule has 1 atom stereocenters. The number of carbonyl (C=O) groups is 2. The summed E-state index contributed by atoms with van der Waals surface area (Å²) in [7, 11) is 0. The van der Waals surface area contributed by atoms with E-state index in [1.54, 1.807) is 6.07 Å². The van der Waals surface area contributed by atoms with Crippen molar-refractivity contribution in [1.82, 2.24) is 15.8 Å². The van der Waals surface area contributed by atoms with Crippen LogP contribution in [0.1, 0.15) is 37.8 Å². The van der Waals surface area contributed by atoms with Gasteiger partial charge in [0, 0.05) is 6.07 Å². The molecule has 0 bridgehead atoms. The number of urea groups is 1. The van der Waals surface area contributed by atoms with Crippen LogP contribution in [0.5, 0.6) is 0 Å². The number of rotatable bonds is 5. The van der Waals surface area contributed by atoms with E-state index in [-0.39, 0.29) is 12.5 Å². The lowest BCUT2D eigenvalue weighted by atomic mass is 9.84. The van der Waals surface area contributed by atoms with Gasteiger partial charge in [-0.15, -0.1) is 0 Å². The van der Waals surface area contributed by atoms with Crippen molar-refractivity contribution in [3.8, 4) is 0 Å². The molecular weight excluding hydrogens is 262 g/mol. The lowest BCUT2D eigenvalue weighted by Gasteiger charge is -2.27. The first-order chi connectivity index (χ1) is 9.66. The highest BCUT2D eigenvalue weighted by atomic mass is 16.5. The molecule has 110 valence electrons. The minimum Gasteiger partial charge on any atom is -0.480 e. The van der Waals surface area contributed by atoms with Crippen molar-refractivity contribution in [2.45, 2.75) is 44.7 Å². The summed E-state index contributed by atoms with van der Waals surface area (Å²) in [5.74, 6) is -0.965. The molecule has 0 aromatic carbocycles. The molecule has 1 aromatic rings. The number of hydrogen-bond donors (Lipinski definition) is 3. The summed E-state index contributed by atoms with van der Waals surface area (Å²) in [6.45, 7) is 0.208. The van der Waals surface area contributed by atoms with Crippen molar-refractivity contribution >= 4 is 12.0 Å². The van der Waals surface area contributed by atoms with Gasteiger partial charge in [-0.2, -0.15) is 0 Å². The van der Waals surface area contributed by atoms with Gasteiger partial charge in [0.05, 0.1) is 6.54 Å². The number of hydrogen-bond acceptors (Lipinski definition) is 4. The van der Waals surface area contributed by atoms with Gasteiger partial charge in [0.15, 0.2) is 0 Å². The number of carboxylic acids is 1. The van der Waals surface area contributed by atoms with Crippen LogP contribution in [0.2, 0.25) is 0 Å². The van der Waals surface area contributed by atoms with Crippen LogP contribution in [0, 0.1) is 5.92 Å². The second-order valence-corrected chi connectivity index (χ2v) is 5.03.